The number of unbranched alkanes of at least 4 members (excludes halogenated alkanes) is 1. The Hall–Kier alpha value is -1.88. The van der Waals surface area contributed by atoms with Crippen LogP contribution in [-0.2, 0) is 17.7 Å². The van der Waals surface area contributed by atoms with Crippen molar-refractivity contribution in [3.05, 3.63) is 29.6 Å². The lowest BCUT2D eigenvalue weighted by Crippen LogP contribution is -2.11. The molecule has 5 nitrogen and oxygen atoms in total. The maximum Gasteiger partial charge on any atom is 0.337 e. The lowest BCUT2D eigenvalue weighted by atomic mass is 10.2. The molecular formula is C16H22N2O3. The highest BCUT2D eigenvalue weighted by atomic mass is 16.5. The monoisotopic (exact) mass is 290 g/mol. The number of nitrogens with zero attached hydrogens (tertiary/aromatic N) is 2. The Balaban J connectivity index is 2.29. The van der Waals surface area contributed by atoms with Gasteiger partial charge < -0.3 is 14.4 Å². The summed E-state index contributed by atoms with van der Waals surface area (Å²) in [7, 11) is 0. The van der Waals surface area contributed by atoms with Gasteiger partial charge in [-0.3, -0.25) is 0 Å². The molecule has 0 aliphatic carbocycles. The van der Waals surface area contributed by atoms with E-state index in [9.17, 15) is 9.90 Å². The fourth-order valence-corrected chi connectivity index (χ4v) is 2.42. The molecule has 114 valence electrons. The number of imidazole rings is 1. The standard InChI is InChI=1S/C16H22N2O3/c1-3-5-10-21-11-9-18-14(4-2)17-13-8-6-7-12(15(13)18)16(19)20/h6-8H,3-5,9-11H2,1-2H3,(H,19,20). The number of hydrogen-bond acceptors (Lipinski definition) is 3. The number of benzene rings is 1. The summed E-state index contributed by atoms with van der Waals surface area (Å²) in [6.45, 7) is 6.10. The third-order valence-corrected chi connectivity index (χ3v) is 3.49. The molecule has 0 saturated carbocycles. The number of fused-ring (bicyclic) bond motifs is 1. The predicted octanol–water partition coefficient (Wildman–Crippen LogP) is 3.11. The Bertz CT molecular complexity index is 619. The fourth-order valence-electron chi connectivity index (χ4n) is 2.42. The predicted molar refractivity (Wildman–Crippen MR) is 81.8 cm³/mol. The van der Waals surface area contributed by atoms with Gasteiger partial charge in [0.2, 0.25) is 0 Å². The minimum atomic E-state index is -0.920. The number of carbonyl (C=O) groups is 1. The number of hydrogen-bond donors (Lipinski definition) is 1. The molecule has 1 heterocycles. The Morgan fingerprint density at radius 1 is 1.33 bits per heavy atom. The molecule has 0 aliphatic rings. The van der Waals surface area contributed by atoms with Crippen molar-refractivity contribution in [3.8, 4) is 0 Å². The number of para-hydroxylation sites is 1. The summed E-state index contributed by atoms with van der Waals surface area (Å²) in [4.78, 5) is 15.9. The molecule has 0 spiro atoms. The van der Waals surface area contributed by atoms with Crippen molar-refractivity contribution in [2.75, 3.05) is 13.2 Å². The SMILES string of the molecule is CCCCOCCn1c(CC)nc2cccc(C(=O)O)c21. The smallest absolute Gasteiger partial charge is 0.337 e. The first-order valence-corrected chi connectivity index (χ1v) is 7.48. The first-order chi connectivity index (χ1) is 10.2. The second-order valence-electron chi connectivity index (χ2n) is 4.98. The highest BCUT2D eigenvalue weighted by molar-refractivity contribution is 6.01. The summed E-state index contributed by atoms with van der Waals surface area (Å²) in [6.07, 6.45) is 2.92. The van der Waals surface area contributed by atoms with Crippen LogP contribution in [0.15, 0.2) is 18.2 Å². The molecule has 0 bridgehead atoms. The van der Waals surface area contributed by atoms with Gasteiger partial charge in [0.05, 0.1) is 23.2 Å². The largest absolute Gasteiger partial charge is 0.478 e. The zero-order chi connectivity index (χ0) is 15.2. The summed E-state index contributed by atoms with van der Waals surface area (Å²) in [5.41, 5.74) is 1.73. The van der Waals surface area contributed by atoms with E-state index in [1.807, 2.05) is 17.6 Å². The zero-order valence-electron chi connectivity index (χ0n) is 12.6. The highest BCUT2D eigenvalue weighted by Crippen LogP contribution is 2.21. The van der Waals surface area contributed by atoms with E-state index in [0.29, 0.717) is 24.2 Å². The maximum atomic E-state index is 11.4. The molecule has 0 fully saturated rings. The van der Waals surface area contributed by atoms with E-state index in [0.717, 1.165) is 37.2 Å². The Morgan fingerprint density at radius 2 is 2.14 bits per heavy atom. The maximum absolute atomic E-state index is 11.4. The number of aromatic carboxylic acids is 1. The van der Waals surface area contributed by atoms with Crippen molar-refractivity contribution in [2.24, 2.45) is 0 Å². The van der Waals surface area contributed by atoms with Crippen molar-refractivity contribution in [1.82, 2.24) is 9.55 Å². The van der Waals surface area contributed by atoms with E-state index < -0.39 is 5.97 Å². The van der Waals surface area contributed by atoms with E-state index in [2.05, 4.69) is 11.9 Å². The number of carboxylic acid groups (broad SMARTS) is 1. The van der Waals surface area contributed by atoms with Gasteiger partial charge in [0.1, 0.15) is 5.82 Å². The molecule has 21 heavy (non-hydrogen) atoms. The van der Waals surface area contributed by atoms with Crippen LogP contribution in [-0.4, -0.2) is 33.8 Å². The summed E-state index contributed by atoms with van der Waals surface area (Å²) < 4.78 is 7.58. The van der Waals surface area contributed by atoms with E-state index in [1.54, 1.807) is 12.1 Å². The Labute approximate surface area is 124 Å². The number of rotatable bonds is 8. The molecule has 0 saturated heterocycles. The van der Waals surface area contributed by atoms with Crippen LogP contribution in [0.5, 0.6) is 0 Å². The average molecular weight is 290 g/mol. The first kappa shape index (κ1) is 15.5. The van der Waals surface area contributed by atoms with Gasteiger partial charge in [-0.25, -0.2) is 9.78 Å². The number of carboxylic acids is 1. The Morgan fingerprint density at radius 3 is 2.81 bits per heavy atom. The lowest BCUT2D eigenvalue weighted by molar-refractivity contribution is 0.0698. The van der Waals surface area contributed by atoms with Gasteiger partial charge in [-0.2, -0.15) is 0 Å². The summed E-state index contributed by atoms with van der Waals surface area (Å²) in [5, 5.41) is 9.36. The van der Waals surface area contributed by atoms with Gasteiger partial charge in [0.25, 0.3) is 0 Å². The summed E-state index contributed by atoms with van der Waals surface area (Å²) in [5.74, 6) is -0.0194. The molecule has 1 N–H and O–H groups in total. The number of aromatic nitrogens is 2. The van der Waals surface area contributed by atoms with Crippen LogP contribution >= 0.6 is 0 Å². The van der Waals surface area contributed by atoms with Crippen molar-refractivity contribution >= 4 is 17.0 Å². The van der Waals surface area contributed by atoms with Crippen LogP contribution in [0.4, 0.5) is 0 Å². The number of aryl methyl sites for hydroxylation is 1. The summed E-state index contributed by atoms with van der Waals surface area (Å²) in [6, 6.07) is 5.22. The van der Waals surface area contributed by atoms with Gasteiger partial charge >= 0.3 is 5.97 Å². The van der Waals surface area contributed by atoms with E-state index >= 15 is 0 Å². The van der Waals surface area contributed by atoms with E-state index in [4.69, 9.17) is 4.74 Å². The normalized spacial score (nSPS) is 11.1. The summed E-state index contributed by atoms with van der Waals surface area (Å²) >= 11 is 0. The minimum absolute atomic E-state index is 0.299. The molecule has 0 aliphatic heterocycles. The van der Waals surface area contributed by atoms with Gasteiger partial charge in [-0.05, 0) is 18.6 Å². The van der Waals surface area contributed by atoms with Crippen LogP contribution in [0.2, 0.25) is 0 Å². The number of ether oxygens (including phenoxy) is 1. The lowest BCUT2D eigenvalue weighted by Gasteiger charge is -2.10. The van der Waals surface area contributed by atoms with Crippen molar-refractivity contribution < 1.29 is 14.6 Å². The van der Waals surface area contributed by atoms with Crippen LogP contribution in [0.25, 0.3) is 11.0 Å². The molecule has 2 rings (SSSR count). The molecule has 5 heteroatoms. The van der Waals surface area contributed by atoms with E-state index in [-0.39, 0.29) is 0 Å². The molecule has 0 unspecified atom stereocenters. The van der Waals surface area contributed by atoms with Crippen molar-refractivity contribution in [3.63, 3.8) is 0 Å². The second kappa shape index (κ2) is 7.22. The van der Waals surface area contributed by atoms with Gasteiger partial charge in [-0.1, -0.05) is 26.3 Å². The molecule has 1 aromatic heterocycles. The quantitative estimate of drug-likeness (QED) is 0.759. The molecular weight excluding hydrogens is 268 g/mol. The van der Waals surface area contributed by atoms with E-state index in [1.165, 1.54) is 0 Å². The van der Waals surface area contributed by atoms with Crippen LogP contribution in [0, 0.1) is 0 Å². The molecule has 1 aromatic carbocycles. The van der Waals surface area contributed by atoms with Crippen molar-refractivity contribution in [2.45, 2.75) is 39.7 Å². The zero-order valence-corrected chi connectivity index (χ0v) is 12.6. The average Bonchev–Trinajstić information content (AvgIpc) is 2.84. The van der Waals surface area contributed by atoms with Crippen LogP contribution < -0.4 is 0 Å². The first-order valence-electron chi connectivity index (χ1n) is 7.48. The minimum Gasteiger partial charge on any atom is -0.478 e. The van der Waals surface area contributed by atoms with Gasteiger partial charge in [0.15, 0.2) is 0 Å². The van der Waals surface area contributed by atoms with Crippen molar-refractivity contribution in [1.29, 1.82) is 0 Å². The molecule has 2 aromatic rings. The topological polar surface area (TPSA) is 64.4 Å². The molecule has 0 atom stereocenters. The van der Waals surface area contributed by atoms with Gasteiger partial charge in [0, 0.05) is 19.6 Å². The second-order valence-corrected chi connectivity index (χ2v) is 4.98. The fraction of sp³-hybridized carbons (Fsp3) is 0.500. The van der Waals surface area contributed by atoms with Crippen LogP contribution in [0.1, 0.15) is 42.9 Å². The van der Waals surface area contributed by atoms with Gasteiger partial charge in [-0.15, -0.1) is 0 Å². The third-order valence-electron chi connectivity index (χ3n) is 3.49. The molecule has 0 amide bonds. The Kier molecular flexibility index (Phi) is 5.33. The molecule has 0 radical (unpaired) electrons. The highest BCUT2D eigenvalue weighted by Gasteiger charge is 2.16. The van der Waals surface area contributed by atoms with Crippen LogP contribution in [0.3, 0.4) is 0 Å². The third kappa shape index (κ3) is 3.42.